The van der Waals surface area contributed by atoms with Gasteiger partial charge in [0.2, 0.25) is 10.0 Å². The number of rotatable bonds is 4. The second-order valence-corrected chi connectivity index (χ2v) is 7.47. The fourth-order valence-corrected chi connectivity index (χ4v) is 2.80. The quantitative estimate of drug-likeness (QED) is 0.790. The minimum atomic E-state index is -3.40. The van der Waals surface area contributed by atoms with Crippen molar-refractivity contribution in [2.45, 2.75) is 4.90 Å². The summed E-state index contributed by atoms with van der Waals surface area (Å²) in [5, 5.41) is 3.11. The van der Waals surface area contributed by atoms with Gasteiger partial charge in [-0.1, -0.05) is 0 Å². The molecule has 0 atom stereocenters. The van der Waals surface area contributed by atoms with Gasteiger partial charge in [-0.05, 0) is 46.9 Å². The Bertz CT molecular complexity index is 702. The number of aromatic nitrogens is 2. The standard InChI is InChI=1S/C12H13IN4O2S/c1-17(2)20(18,19)10-5-3-9(4-6-10)16-12-11(13)7-14-8-15-12/h3-8H,1-2H3,(H,14,15,16). The zero-order chi connectivity index (χ0) is 14.8. The lowest BCUT2D eigenvalue weighted by molar-refractivity contribution is 0.521. The van der Waals surface area contributed by atoms with E-state index in [-0.39, 0.29) is 4.90 Å². The molecule has 1 N–H and O–H groups in total. The van der Waals surface area contributed by atoms with E-state index in [9.17, 15) is 8.42 Å². The highest BCUT2D eigenvalue weighted by Gasteiger charge is 2.16. The molecule has 1 aromatic heterocycles. The van der Waals surface area contributed by atoms with Crippen molar-refractivity contribution >= 4 is 44.1 Å². The summed E-state index contributed by atoms with van der Waals surface area (Å²) >= 11 is 2.13. The summed E-state index contributed by atoms with van der Waals surface area (Å²) in [7, 11) is -0.387. The van der Waals surface area contributed by atoms with E-state index >= 15 is 0 Å². The number of nitrogens with one attached hydrogen (secondary N) is 1. The van der Waals surface area contributed by atoms with Crippen molar-refractivity contribution < 1.29 is 8.42 Å². The van der Waals surface area contributed by atoms with Gasteiger partial charge in [0, 0.05) is 26.0 Å². The molecule has 2 aromatic rings. The van der Waals surface area contributed by atoms with Crippen molar-refractivity contribution in [1.29, 1.82) is 0 Å². The lowest BCUT2D eigenvalue weighted by Crippen LogP contribution is -2.22. The van der Waals surface area contributed by atoms with E-state index in [2.05, 4.69) is 37.9 Å². The third kappa shape index (κ3) is 3.25. The van der Waals surface area contributed by atoms with Crippen LogP contribution in [0.5, 0.6) is 0 Å². The second-order valence-electron chi connectivity index (χ2n) is 4.16. The van der Waals surface area contributed by atoms with E-state index in [4.69, 9.17) is 0 Å². The molecule has 1 aromatic carbocycles. The maximum atomic E-state index is 11.9. The highest BCUT2D eigenvalue weighted by molar-refractivity contribution is 14.1. The van der Waals surface area contributed by atoms with Crippen molar-refractivity contribution in [3.63, 3.8) is 0 Å². The van der Waals surface area contributed by atoms with Crippen LogP contribution >= 0.6 is 22.6 Å². The van der Waals surface area contributed by atoms with Crippen LogP contribution in [0.4, 0.5) is 11.5 Å². The van der Waals surface area contributed by atoms with E-state index in [1.807, 2.05) is 0 Å². The summed E-state index contributed by atoms with van der Waals surface area (Å²) in [6.07, 6.45) is 3.15. The summed E-state index contributed by atoms with van der Waals surface area (Å²) < 4.78 is 25.9. The molecule has 0 radical (unpaired) electrons. The Morgan fingerprint density at radius 3 is 2.40 bits per heavy atom. The summed E-state index contributed by atoms with van der Waals surface area (Å²) in [4.78, 5) is 8.28. The molecular formula is C12H13IN4O2S. The van der Waals surface area contributed by atoms with Crippen LogP contribution in [0.25, 0.3) is 0 Å². The fourth-order valence-electron chi connectivity index (χ4n) is 1.46. The van der Waals surface area contributed by atoms with Crippen molar-refractivity contribution in [3.8, 4) is 0 Å². The molecule has 2 rings (SSSR count). The number of benzene rings is 1. The summed E-state index contributed by atoms with van der Waals surface area (Å²) in [6, 6.07) is 6.53. The largest absolute Gasteiger partial charge is 0.339 e. The molecule has 106 valence electrons. The SMILES string of the molecule is CN(C)S(=O)(=O)c1ccc(Nc2ncncc2I)cc1. The van der Waals surface area contributed by atoms with Crippen LogP contribution in [0.1, 0.15) is 0 Å². The van der Waals surface area contributed by atoms with Crippen molar-refractivity contribution in [1.82, 2.24) is 14.3 Å². The molecule has 0 saturated carbocycles. The van der Waals surface area contributed by atoms with Crippen molar-refractivity contribution in [2.24, 2.45) is 0 Å². The van der Waals surface area contributed by atoms with Crippen LogP contribution in [0, 0.1) is 3.57 Å². The first-order valence-corrected chi connectivity index (χ1v) is 8.18. The van der Waals surface area contributed by atoms with Crippen molar-refractivity contribution in [3.05, 3.63) is 40.4 Å². The summed E-state index contributed by atoms with van der Waals surface area (Å²) in [5.74, 6) is 0.684. The zero-order valence-corrected chi connectivity index (χ0v) is 13.9. The maximum Gasteiger partial charge on any atom is 0.242 e. The van der Waals surface area contributed by atoms with E-state index in [1.54, 1.807) is 30.5 Å². The molecule has 1 heterocycles. The average Bonchev–Trinajstić information content (AvgIpc) is 2.42. The van der Waals surface area contributed by atoms with E-state index in [0.717, 1.165) is 9.26 Å². The lowest BCUT2D eigenvalue weighted by Gasteiger charge is -2.12. The van der Waals surface area contributed by atoms with Crippen LogP contribution in [-0.4, -0.2) is 36.8 Å². The number of sulfonamides is 1. The first kappa shape index (κ1) is 15.1. The maximum absolute atomic E-state index is 11.9. The Balaban J connectivity index is 2.24. The number of nitrogens with zero attached hydrogens (tertiary/aromatic N) is 3. The fraction of sp³-hybridized carbons (Fsp3) is 0.167. The Labute approximate surface area is 131 Å². The van der Waals surface area contributed by atoms with Gasteiger partial charge < -0.3 is 5.32 Å². The second kappa shape index (κ2) is 6.02. The van der Waals surface area contributed by atoms with Crippen LogP contribution < -0.4 is 5.32 Å². The number of anilines is 2. The third-order valence-corrected chi connectivity index (χ3v) is 5.18. The molecule has 0 aliphatic heterocycles. The Morgan fingerprint density at radius 1 is 1.20 bits per heavy atom. The van der Waals surface area contributed by atoms with Crippen LogP contribution in [0.2, 0.25) is 0 Å². The van der Waals surface area contributed by atoms with Gasteiger partial charge in [0.25, 0.3) is 0 Å². The van der Waals surface area contributed by atoms with E-state index < -0.39 is 10.0 Å². The molecule has 6 nitrogen and oxygen atoms in total. The van der Waals surface area contributed by atoms with Crippen molar-refractivity contribution in [2.75, 3.05) is 19.4 Å². The molecule has 0 aliphatic rings. The van der Waals surface area contributed by atoms with E-state index in [1.165, 1.54) is 24.7 Å². The summed E-state index contributed by atoms with van der Waals surface area (Å²) in [6.45, 7) is 0. The summed E-state index contributed by atoms with van der Waals surface area (Å²) in [5.41, 5.74) is 0.763. The monoisotopic (exact) mass is 404 g/mol. The van der Waals surface area contributed by atoms with Gasteiger partial charge in [-0.2, -0.15) is 0 Å². The molecule has 0 bridgehead atoms. The third-order valence-electron chi connectivity index (χ3n) is 2.56. The molecule has 0 spiro atoms. The number of hydrogen-bond donors (Lipinski definition) is 1. The average molecular weight is 404 g/mol. The van der Waals surface area contributed by atoms with Gasteiger partial charge in [-0.3, -0.25) is 0 Å². The van der Waals surface area contributed by atoms with Gasteiger partial charge >= 0.3 is 0 Å². The minimum absolute atomic E-state index is 0.255. The predicted molar refractivity (Wildman–Crippen MR) is 85.3 cm³/mol. The molecule has 20 heavy (non-hydrogen) atoms. The molecule has 0 fully saturated rings. The van der Waals surface area contributed by atoms with Crippen LogP contribution in [-0.2, 0) is 10.0 Å². The highest BCUT2D eigenvalue weighted by atomic mass is 127. The van der Waals surface area contributed by atoms with Gasteiger partial charge in [0.05, 0.1) is 8.47 Å². The van der Waals surface area contributed by atoms with Crippen LogP contribution in [0.3, 0.4) is 0 Å². The van der Waals surface area contributed by atoms with Crippen LogP contribution in [0.15, 0.2) is 41.7 Å². The van der Waals surface area contributed by atoms with Gasteiger partial charge in [-0.15, -0.1) is 0 Å². The first-order valence-electron chi connectivity index (χ1n) is 5.66. The predicted octanol–water partition coefficient (Wildman–Crippen LogP) is 2.08. The lowest BCUT2D eigenvalue weighted by atomic mass is 10.3. The van der Waals surface area contributed by atoms with Gasteiger partial charge in [0.15, 0.2) is 0 Å². The molecule has 8 heteroatoms. The number of hydrogen-bond acceptors (Lipinski definition) is 5. The molecular weight excluding hydrogens is 391 g/mol. The van der Waals surface area contributed by atoms with Gasteiger partial charge in [0.1, 0.15) is 12.1 Å². The Kier molecular flexibility index (Phi) is 4.55. The molecule has 0 aliphatic carbocycles. The zero-order valence-electron chi connectivity index (χ0n) is 10.9. The number of halogens is 1. The minimum Gasteiger partial charge on any atom is -0.339 e. The Hall–Kier alpha value is -1.26. The van der Waals surface area contributed by atoms with E-state index in [0.29, 0.717) is 5.82 Å². The molecule has 0 amide bonds. The molecule has 0 unspecified atom stereocenters. The smallest absolute Gasteiger partial charge is 0.242 e. The van der Waals surface area contributed by atoms with Gasteiger partial charge in [-0.25, -0.2) is 22.7 Å². The Morgan fingerprint density at radius 2 is 1.85 bits per heavy atom. The molecule has 0 saturated heterocycles. The highest BCUT2D eigenvalue weighted by Crippen LogP contribution is 2.21. The normalized spacial score (nSPS) is 11.6. The first-order chi connectivity index (χ1) is 9.41. The topological polar surface area (TPSA) is 75.2 Å².